The first-order valence-electron chi connectivity index (χ1n) is 5.67. The van der Waals surface area contributed by atoms with Gasteiger partial charge in [-0.2, -0.15) is 0 Å². The lowest BCUT2D eigenvalue weighted by molar-refractivity contribution is 0.0524. The molecule has 8 heteroatoms. The minimum atomic E-state index is -0.689. The summed E-state index contributed by atoms with van der Waals surface area (Å²) in [6, 6.07) is 0. The summed E-state index contributed by atoms with van der Waals surface area (Å²) in [7, 11) is 0. The molecule has 1 heterocycles. The molecule has 1 aromatic heterocycles. The van der Waals surface area contributed by atoms with E-state index in [0.717, 1.165) is 0 Å². The van der Waals surface area contributed by atoms with Crippen LogP contribution in [0.25, 0.3) is 0 Å². The second-order valence-corrected chi connectivity index (χ2v) is 4.07. The number of esters is 1. The fourth-order valence-electron chi connectivity index (χ4n) is 1.28. The Bertz CT molecular complexity index is 558. The van der Waals surface area contributed by atoms with Crippen molar-refractivity contribution in [1.82, 2.24) is 9.97 Å². The van der Waals surface area contributed by atoms with Gasteiger partial charge in [-0.15, -0.1) is 0 Å². The number of rotatable bonds is 6. The van der Waals surface area contributed by atoms with E-state index in [0.29, 0.717) is 11.4 Å². The van der Waals surface area contributed by atoms with Crippen LogP contribution in [0.1, 0.15) is 27.8 Å². The fraction of sp³-hybridized carbons (Fsp3) is 0.250. The summed E-state index contributed by atoms with van der Waals surface area (Å²) in [5.41, 5.74) is 5.09. The van der Waals surface area contributed by atoms with Gasteiger partial charge in [0.15, 0.2) is 17.3 Å². The lowest BCUT2D eigenvalue weighted by atomic mass is 10.2. The van der Waals surface area contributed by atoms with Crippen LogP contribution in [0.3, 0.4) is 0 Å². The third-order valence-corrected chi connectivity index (χ3v) is 2.61. The van der Waals surface area contributed by atoms with Gasteiger partial charge in [-0.3, -0.25) is 4.79 Å². The molecule has 0 radical (unpaired) electrons. The van der Waals surface area contributed by atoms with Gasteiger partial charge in [-0.25, -0.2) is 19.8 Å². The van der Waals surface area contributed by atoms with Gasteiger partial charge in [0.05, 0.1) is 6.61 Å². The van der Waals surface area contributed by atoms with Crippen LogP contribution in [0, 0.1) is 0 Å². The van der Waals surface area contributed by atoms with E-state index < -0.39 is 5.97 Å². The Labute approximate surface area is 120 Å². The number of nitrogens with zero attached hydrogens (tertiary/aromatic N) is 3. The SMILES string of the molecule is CCOC(=O)c1c(C=O)nc(SC)nc1N=CC=CN. The number of carbonyl (C=O) groups is 2. The zero-order valence-corrected chi connectivity index (χ0v) is 11.9. The molecule has 0 saturated heterocycles. The molecular weight excluding hydrogens is 280 g/mol. The second kappa shape index (κ2) is 8.05. The lowest BCUT2D eigenvalue weighted by Gasteiger charge is -2.07. The van der Waals surface area contributed by atoms with E-state index in [-0.39, 0.29) is 23.7 Å². The molecule has 106 valence electrons. The number of aldehydes is 1. The topological polar surface area (TPSA) is 108 Å². The first-order chi connectivity index (χ1) is 9.67. The standard InChI is InChI=1S/C12H14N4O3S/c1-3-19-11(18)9-8(7-17)15-12(20-2)16-10(9)14-6-4-5-13/h4-7H,3,13H2,1-2H3. The summed E-state index contributed by atoms with van der Waals surface area (Å²) in [4.78, 5) is 35.0. The highest BCUT2D eigenvalue weighted by atomic mass is 32.2. The number of aromatic nitrogens is 2. The number of allylic oxidation sites excluding steroid dienone is 1. The first-order valence-corrected chi connectivity index (χ1v) is 6.89. The summed E-state index contributed by atoms with van der Waals surface area (Å²) in [5.74, 6) is -0.617. The van der Waals surface area contributed by atoms with Gasteiger partial charge in [-0.1, -0.05) is 11.8 Å². The summed E-state index contributed by atoms with van der Waals surface area (Å²) >= 11 is 1.24. The molecule has 0 amide bonds. The maximum absolute atomic E-state index is 11.9. The van der Waals surface area contributed by atoms with Gasteiger partial charge < -0.3 is 10.5 Å². The van der Waals surface area contributed by atoms with Crippen molar-refractivity contribution in [2.24, 2.45) is 10.7 Å². The largest absolute Gasteiger partial charge is 0.462 e. The van der Waals surface area contributed by atoms with Crippen molar-refractivity contribution in [3.63, 3.8) is 0 Å². The van der Waals surface area contributed by atoms with Crippen molar-refractivity contribution in [3.8, 4) is 0 Å². The summed E-state index contributed by atoms with van der Waals surface area (Å²) in [5, 5.41) is 0.337. The molecule has 0 fully saturated rings. The van der Waals surface area contributed by atoms with Gasteiger partial charge in [0.2, 0.25) is 0 Å². The Morgan fingerprint density at radius 3 is 2.80 bits per heavy atom. The van der Waals surface area contributed by atoms with E-state index in [9.17, 15) is 9.59 Å². The molecule has 0 bridgehead atoms. The molecule has 0 aliphatic heterocycles. The predicted octanol–water partition coefficient (Wildman–Crippen LogP) is 1.36. The average molecular weight is 294 g/mol. The quantitative estimate of drug-likeness (QED) is 0.277. The van der Waals surface area contributed by atoms with Gasteiger partial charge in [0.1, 0.15) is 11.3 Å². The minimum Gasteiger partial charge on any atom is -0.462 e. The van der Waals surface area contributed by atoms with Crippen molar-refractivity contribution < 1.29 is 14.3 Å². The predicted molar refractivity (Wildman–Crippen MR) is 76.6 cm³/mol. The molecule has 0 aliphatic carbocycles. The van der Waals surface area contributed by atoms with Crippen molar-refractivity contribution in [2.75, 3.05) is 12.9 Å². The zero-order valence-electron chi connectivity index (χ0n) is 11.1. The maximum Gasteiger partial charge on any atom is 0.344 e. The number of carbonyl (C=O) groups excluding carboxylic acids is 2. The fourth-order valence-corrected chi connectivity index (χ4v) is 1.64. The van der Waals surface area contributed by atoms with E-state index >= 15 is 0 Å². The Morgan fingerprint density at radius 2 is 2.25 bits per heavy atom. The third kappa shape index (κ3) is 3.89. The van der Waals surface area contributed by atoms with Crippen LogP contribution in [0.4, 0.5) is 5.82 Å². The monoisotopic (exact) mass is 294 g/mol. The van der Waals surface area contributed by atoms with E-state index in [1.54, 1.807) is 13.2 Å². The summed E-state index contributed by atoms with van der Waals surface area (Å²) in [6.45, 7) is 1.84. The average Bonchev–Trinajstić information content (AvgIpc) is 2.46. The van der Waals surface area contributed by atoms with E-state index in [1.807, 2.05) is 0 Å². The number of thioether (sulfide) groups is 1. The normalized spacial score (nSPS) is 11.1. The molecule has 0 aliphatic rings. The molecule has 0 atom stereocenters. The maximum atomic E-state index is 11.9. The van der Waals surface area contributed by atoms with E-state index in [2.05, 4.69) is 15.0 Å². The van der Waals surface area contributed by atoms with Crippen LogP contribution in [0.2, 0.25) is 0 Å². The van der Waals surface area contributed by atoms with Gasteiger partial charge in [-0.05, 0) is 25.5 Å². The second-order valence-electron chi connectivity index (χ2n) is 3.30. The Kier molecular flexibility index (Phi) is 6.38. The van der Waals surface area contributed by atoms with Crippen LogP contribution >= 0.6 is 11.8 Å². The molecule has 2 N–H and O–H groups in total. The van der Waals surface area contributed by atoms with Crippen LogP contribution < -0.4 is 5.73 Å². The highest BCUT2D eigenvalue weighted by Crippen LogP contribution is 2.23. The molecule has 7 nitrogen and oxygen atoms in total. The van der Waals surface area contributed by atoms with Crippen molar-refractivity contribution >= 4 is 36.0 Å². The molecule has 20 heavy (non-hydrogen) atoms. The molecule has 0 aromatic carbocycles. The first kappa shape index (κ1) is 15.8. The Morgan fingerprint density at radius 1 is 1.50 bits per heavy atom. The van der Waals surface area contributed by atoms with Gasteiger partial charge >= 0.3 is 5.97 Å². The number of hydrogen-bond acceptors (Lipinski definition) is 8. The third-order valence-electron chi connectivity index (χ3n) is 2.07. The van der Waals surface area contributed by atoms with E-state index in [1.165, 1.54) is 30.3 Å². The van der Waals surface area contributed by atoms with Crippen molar-refractivity contribution in [2.45, 2.75) is 12.1 Å². The Hall–Kier alpha value is -2.22. The molecule has 1 aromatic rings. The highest BCUT2D eigenvalue weighted by molar-refractivity contribution is 7.98. The Balaban J connectivity index is 3.41. The number of hydrogen-bond donors (Lipinski definition) is 1. The summed E-state index contributed by atoms with van der Waals surface area (Å²) < 4.78 is 4.89. The van der Waals surface area contributed by atoms with Crippen LogP contribution in [0.5, 0.6) is 0 Å². The molecule has 0 unspecified atom stereocenters. The van der Waals surface area contributed by atoms with Crippen LogP contribution in [0.15, 0.2) is 22.4 Å². The number of aliphatic imine (C=N–C) groups is 1. The smallest absolute Gasteiger partial charge is 0.344 e. The van der Waals surface area contributed by atoms with Gasteiger partial charge in [0.25, 0.3) is 0 Å². The van der Waals surface area contributed by atoms with Crippen molar-refractivity contribution in [3.05, 3.63) is 23.5 Å². The lowest BCUT2D eigenvalue weighted by Crippen LogP contribution is -2.11. The minimum absolute atomic E-state index is 0.0494. The van der Waals surface area contributed by atoms with Crippen molar-refractivity contribution in [1.29, 1.82) is 0 Å². The molecule has 1 rings (SSSR count). The zero-order chi connectivity index (χ0) is 15.0. The molecular formula is C12H14N4O3S. The number of nitrogens with two attached hydrogens (primary N) is 1. The van der Waals surface area contributed by atoms with Gasteiger partial charge in [0, 0.05) is 6.21 Å². The highest BCUT2D eigenvalue weighted by Gasteiger charge is 2.21. The summed E-state index contributed by atoms with van der Waals surface area (Å²) in [6.07, 6.45) is 6.34. The number of ether oxygens (including phenoxy) is 1. The van der Waals surface area contributed by atoms with E-state index in [4.69, 9.17) is 10.5 Å². The molecule has 0 saturated carbocycles. The van der Waals surface area contributed by atoms with Crippen LogP contribution in [-0.2, 0) is 4.74 Å². The molecule has 0 spiro atoms. The van der Waals surface area contributed by atoms with Crippen LogP contribution in [-0.4, -0.2) is 41.3 Å².